The standard InChI is InChI=1S/C13H20N2O2/c1-4-9-14-13(17)15(3)10(2)11-5-7-12(16)8-6-11/h5-8,10,16H,4,9H2,1-3H3,(H,14,17). The molecule has 1 atom stereocenters. The van der Waals surface area contributed by atoms with Gasteiger partial charge in [0.15, 0.2) is 0 Å². The van der Waals surface area contributed by atoms with Crippen molar-refractivity contribution in [3.8, 4) is 5.75 Å². The molecule has 0 bridgehead atoms. The first-order chi connectivity index (χ1) is 8.06. The second-order valence-electron chi connectivity index (χ2n) is 4.11. The van der Waals surface area contributed by atoms with Crippen molar-refractivity contribution in [3.05, 3.63) is 29.8 Å². The molecule has 0 saturated carbocycles. The lowest BCUT2D eigenvalue weighted by Gasteiger charge is -2.25. The van der Waals surface area contributed by atoms with E-state index in [1.54, 1.807) is 24.1 Å². The Bertz CT molecular complexity index is 362. The maximum absolute atomic E-state index is 11.7. The predicted octanol–water partition coefficient (Wildman–Crippen LogP) is 2.50. The second-order valence-corrected chi connectivity index (χ2v) is 4.11. The van der Waals surface area contributed by atoms with Gasteiger partial charge in [0, 0.05) is 13.6 Å². The van der Waals surface area contributed by atoms with E-state index in [0.29, 0.717) is 6.54 Å². The summed E-state index contributed by atoms with van der Waals surface area (Å²) in [7, 11) is 1.77. The molecular formula is C13H20N2O2. The highest BCUT2D eigenvalue weighted by molar-refractivity contribution is 5.74. The zero-order valence-electron chi connectivity index (χ0n) is 10.6. The summed E-state index contributed by atoms with van der Waals surface area (Å²) in [5.74, 6) is 0.235. The SMILES string of the molecule is CCCNC(=O)N(C)C(C)c1ccc(O)cc1. The van der Waals surface area contributed by atoms with Crippen molar-refractivity contribution < 1.29 is 9.90 Å². The highest BCUT2D eigenvalue weighted by atomic mass is 16.3. The second kappa shape index (κ2) is 6.13. The molecular weight excluding hydrogens is 216 g/mol. The van der Waals surface area contributed by atoms with E-state index in [4.69, 9.17) is 0 Å². The molecule has 4 heteroatoms. The van der Waals surface area contributed by atoms with E-state index in [2.05, 4.69) is 5.32 Å². The first kappa shape index (κ1) is 13.4. The van der Waals surface area contributed by atoms with Crippen molar-refractivity contribution in [2.24, 2.45) is 0 Å². The van der Waals surface area contributed by atoms with E-state index in [0.717, 1.165) is 12.0 Å². The predicted molar refractivity (Wildman–Crippen MR) is 68.0 cm³/mol. The van der Waals surface area contributed by atoms with Crippen LogP contribution in [0.4, 0.5) is 4.79 Å². The van der Waals surface area contributed by atoms with E-state index >= 15 is 0 Å². The number of benzene rings is 1. The molecule has 1 aromatic rings. The van der Waals surface area contributed by atoms with E-state index in [1.165, 1.54) is 0 Å². The Hall–Kier alpha value is -1.71. The number of carbonyl (C=O) groups excluding carboxylic acids is 1. The van der Waals surface area contributed by atoms with Gasteiger partial charge in [0.25, 0.3) is 0 Å². The molecule has 0 aliphatic carbocycles. The smallest absolute Gasteiger partial charge is 0.317 e. The topological polar surface area (TPSA) is 52.6 Å². The third-order valence-corrected chi connectivity index (χ3v) is 2.80. The Balaban J connectivity index is 2.65. The molecule has 0 aliphatic rings. The number of hydrogen-bond acceptors (Lipinski definition) is 2. The van der Waals surface area contributed by atoms with Gasteiger partial charge in [-0.05, 0) is 31.0 Å². The van der Waals surface area contributed by atoms with Gasteiger partial charge in [0.05, 0.1) is 6.04 Å². The monoisotopic (exact) mass is 236 g/mol. The number of carbonyl (C=O) groups is 1. The molecule has 0 saturated heterocycles. The van der Waals surface area contributed by atoms with Gasteiger partial charge in [0.1, 0.15) is 5.75 Å². The van der Waals surface area contributed by atoms with Crippen LogP contribution in [0.5, 0.6) is 5.75 Å². The molecule has 0 aromatic heterocycles. The van der Waals surface area contributed by atoms with E-state index in [-0.39, 0.29) is 17.8 Å². The van der Waals surface area contributed by atoms with Gasteiger partial charge >= 0.3 is 6.03 Å². The number of amides is 2. The number of hydrogen-bond donors (Lipinski definition) is 2. The number of urea groups is 1. The van der Waals surface area contributed by atoms with Gasteiger partial charge in [-0.2, -0.15) is 0 Å². The third-order valence-electron chi connectivity index (χ3n) is 2.80. The average molecular weight is 236 g/mol. The highest BCUT2D eigenvalue weighted by Crippen LogP contribution is 2.20. The van der Waals surface area contributed by atoms with Crippen LogP contribution in [0.25, 0.3) is 0 Å². The quantitative estimate of drug-likeness (QED) is 0.844. The van der Waals surface area contributed by atoms with Gasteiger partial charge < -0.3 is 15.3 Å². The Morgan fingerprint density at radius 3 is 2.53 bits per heavy atom. The minimum atomic E-state index is -0.0765. The average Bonchev–Trinajstić information content (AvgIpc) is 2.35. The van der Waals surface area contributed by atoms with E-state index in [9.17, 15) is 9.90 Å². The van der Waals surface area contributed by atoms with E-state index < -0.39 is 0 Å². The summed E-state index contributed by atoms with van der Waals surface area (Å²) in [6.45, 7) is 4.66. The van der Waals surface area contributed by atoms with Crippen LogP contribution in [-0.4, -0.2) is 29.6 Å². The maximum Gasteiger partial charge on any atom is 0.317 e. The number of nitrogens with zero attached hydrogens (tertiary/aromatic N) is 1. The van der Waals surface area contributed by atoms with Crippen molar-refractivity contribution in [1.82, 2.24) is 10.2 Å². The van der Waals surface area contributed by atoms with Crippen LogP contribution in [0.2, 0.25) is 0 Å². The maximum atomic E-state index is 11.7. The first-order valence-corrected chi connectivity index (χ1v) is 5.85. The van der Waals surface area contributed by atoms with Gasteiger partial charge in [-0.3, -0.25) is 0 Å². The normalized spacial score (nSPS) is 11.9. The van der Waals surface area contributed by atoms with Crippen LogP contribution in [0, 0.1) is 0 Å². The molecule has 94 valence electrons. The molecule has 2 N–H and O–H groups in total. The lowest BCUT2D eigenvalue weighted by Crippen LogP contribution is -2.39. The number of nitrogens with one attached hydrogen (secondary N) is 1. The van der Waals surface area contributed by atoms with Crippen LogP contribution >= 0.6 is 0 Å². The number of rotatable bonds is 4. The Kier molecular flexibility index (Phi) is 4.82. The molecule has 2 amide bonds. The largest absolute Gasteiger partial charge is 0.508 e. The molecule has 1 unspecified atom stereocenters. The lowest BCUT2D eigenvalue weighted by atomic mass is 10.1. The minimum Gasteiger partial charge on any atom is -0.508 e. The van der Waals surface area contributed by atoms with E-state index in [1.807, 2.05) is 26.0 Å². The van der Waals surface area contributed by atoms with Crippen molar-refractivity contribution in [2.75, 3.05) is 13.6 Å². The van der Waals surface area contributed by atoms with Crippen molar-refractivity contribution >= 4 is 6.03 Å². The number of phenolic OH excluding ortho intramolecular Hbond substituents is 1. The van der Waals surface area contributed by atoms with Crippen molar-refractivity contribution in [1.29, 1.82) is 0 Å². The molecule has 1 rings (SSSR count). The molecule has 1 aromatic carbocycles. The van der Waals surface area contributed by atoms with Crippen LogP contribution in [0.1, 0.15) is 31.9 Å². The van der Waals surface area contributed by atoms with Crippen LogP contribution < -0.4 is 5.32 Å². The number of aromatic hydroxyl groups is 1. The summed E-state index contributed by atoms with van der Waals surface area (Å²) in [5.41, 5.74) is 0.997. The van der Waals surface area contributed by atoms with Gasteiger partial charge in [-0.25, -0.2) is 4.79 Å². The van der Waals surface area contributed by atoms with Crippen molar-refractivity contribution in [2.45, 2.75) is 26.3 Å². The van der Waals surface area contributed by atoms with Crippen LogP contribution in [-0.2, 0) is 0 Å². The highest BCUT2D eigenvalue weighted by Gasteiger charge is 2.16. The molecule has 0 fully saturated rings. The summed E-state index contributed by atoms with van der Waals surface area (Å²) in [6, 6.07) is 6.81. The van der Waals surface area contributed by atoms with Crippen LogP contribution in [0.3, 0.4) is 0 Å². The molecule has 0 heterocycles. The fourth-order valence-electron chi connectivity index (χ4n) is 1.51. The zero-order valence-corrected chi connectivity index (χ0v) is 10.6. The zero-order chi connectivity index (χ0) is 12.8. The number of phenols is 1. The summed E-state index contributed by atoms with van der Waals surface area (Å²) < 4.78 is 0. The summed E-state index contributed by atoms with van der Waals surface area (Å²) in [6.07, 6.45) is 0.924. The minimum absolute atomic E-state index is 0.0209. The summed E-state index contributed by atoms with van der Waals surface area (Å²) in [5, 5.41) is 12.0. The molecule has 4 nitrogen and oxygen atoms in total. The molecule has 17 heavy (non-hydrogen) atoms. The molecule has 0 spiro atoms. The summed E-state index contributed by atoms with van der Waals surface area (Å²) in [4.78, 5) is 13.4. The molecule has 0 aliphatic heterocycles. The van der Waals surface area contributed by atoms with Crippen molar-refractivity contribution in [3.63, 3.8) is 0 Å². The fourth-order valence-corrected chi connectivity index (χ4v) is 1.51. The molecule has 0 radical (unpaired) electrons. The Morgan fingerprint density at radius 2 is 2.00 bits per heavy atom. The fraction of sp³-hybridized carbons (Fsp3) is 0.462. The third kappa shape index (κ3) is 3.66. The first-order valence-electron chi connectivity index (χ1n) is 5.85. The van der Waals surface area contributed by atoms with Gasteiger partial charge in [-0.15, -0.1) is 0 Å². The van der Waals surface area contributed by atoms with Gasteiger partial charge in [-0.1, -0.05) is 19.1 Å². The lowest BCUT2D eigenvalue weighted by molar-refractivity contribution is 0.194. The Labute approximate surface area is 102 Å². The Morgan fingerprint density at radius 1 is 1.41 bits per heavy atom. The van der Waals surface area contributed by atoms with Gasteiger partial charge in [0.2, 0.25) is 0 Å². The summed E-state index contributed by atoms with van der Waals surface area (Å²) >= 11 is 0. The van der Waals surface area contributed by atoms with Crippen LogP contribution in [0.15, 0.2) is 24.3 Å².